The number of carbonyl (C=O) groups is 2. The van der Waals surface area contributed by atoms with Gasteiger partial charge in [0.25, 0.3) is 0 Å². The van der Waals surface area contributed by atoms with Crippen molar-refractivity contribution in [1.29, 1.82) is 0 Å². The largest absolute Gasteiger partial charge is 0.385 e. The molecule has 0 fully saturated rings. The number of hydrogen-bond donors (Lipinski definition) is 3. The number of carbonyl (C=O) groups excluding carboxylic acids is 2. The van der Waals surface area contributed by atoms with Crippen molar-refractivity contribution >= 4 is 11.8 Å². The molecule has 0 aromatic heterocycles. The van der Waals surface area contributed by atoms with Gasteiger partial charge in [0, 0.05) is 20.3 Å². The molecule has 6 nitrogen and oxygen atoms in total. The molecule has 0 rings (SSSR count). The van der Waals surface area contributed by atoms with E-state index in [-0.39, 0.29) is 18.4 Å². The van der Waals surface area contributed by atoms with Gasteiger partial charge >= 0.3 is 0 Å². The van der Waals surface area contributed by atoms with Gasteiger partial charge in [-0.15, -0.1) is 0 Å². The Labute approximate surface area is 102 Å². The van der Waals surface area contributed by atoms with E-state index in [1.807, 2.05) is 6.92 Å². The quantitative estimate of drug-likeness (QED) is 0.472. The Balaban J connectivity index is 3.66. The van der Waals surface area contributed by atoms with Crippen LogP contribution in [0.25, 0.3) is 0 Å². The minimum Gasteiger partial charge on any atom is -0.385 e. The molecule has 2 amide bonds. The van der Waals surface area contributed by atoms with Gasteiger partial charge in [-0.05, 0) is 19.3 Å². The molecule has 0 aliphatic rings. The van der Waals surface area contributed by atoms with E-state index in [0.717, 1.165) is 12.8 Å². The summed E-state index contributed by atoms with van der Waals surface area (Å²) in [6.07, 6.45) is 2.15. The van der Waals surface area contributed by atoms with E-state index in [0.29, 0.717) is 19.6 Å². The van der Waals surface area contributed by atoms with Crippen molar-refractivity contribution in [3.8, 4) is 0 Å². The van der Waals surface area contributed by atoms with Crippen LogP contribution in [0.15, 0.2) is 0 Å². The van der Waals surface area contributed by atoms with Crippen molar-refractivity contribution in [2.24, 2.45) is 5.73 Å². The summed E-state index contributed by atoms with van der Waals surface area (Å²) < 4.78 is 4.86. The molecule has 0 saturated heterocycles. The maximum absolute atomic E-state index is 11.5. The molecular weight excluding hydrogens is 222 g/mol. The van der Waals surface area contributed by atoms with Crippen LogP contribution < -0.4 is 16.4 Å². The van der Waals surface area contributed by atoms with Crippen LogP contribution in [-0.2, 0) is 14.3 Å². The first kappa shape index (κ1) is 15.9. The molecule has 17 heavy (non-hydrogen) atoms. The Kier molecular flexibility index (Phi) is 9.37. The maximum Gasteiger partial charge on any atom is 0.239 e. The monoisotopic (exact) mass is 245 g/mol. The predicted molar refractivity (Wildman–Crippen MR) is 65.4 cm³/mol. The van der Waals surface area contributed by atoms with Crippen molar-refractivity contribution in [3.05, 3.63) is 0 Å². The lowest BCUT2D eigenvalue weighted by molar-refractivity contribution is -0.126. The van der Waals surface area contributed by atoms with Crippen LogP contribution in [0.1, 0.15) is 26.2 Å². The minimum atomic E-state index is -0.580. The molecule has 0 saturated carbocycles. The van der Waals surface area contributed by atoms with Gasteiger partial charge in [0.05, 0.1) is 12.6 Å². The van der Waals surface area contributed by atoms with Gasteiger partial charge in [0.1, 0.15) is 0 Å². The van der Waals surface area contributed by atoms with Crippen LogP contribution in [0.2, 0.25) is 0 Å². The van der Waals surface area contributed by atoms with E-state index in [4.69, 9.17) is 10.5 Å². The van der Waals surface area contributed by atoms with Crippen molar-refractivity contribution in [1.82, 2.24) is 10.6 Å². The minimum absolute atomic E-state index is 0.0171. The molecule has 0 bridgehead atoms. The summed E-state index contributed by atoms with van der Waals surface area (Å²) in [5.74, 6) is -0.489. The van der Waals surface area contributed by atoms with E-state index >= 15 is 0 Å². The second-order valence-corrected chi connectivity index (χ2v) is 3.81. The highest BCUT2D eigenvalue weighted by Crippen LogP contribution is 1.94. The van der Waals surface area contributed by atoms with E-state index in [9.17, 15) is 9.59 Å². The summed E-state index contributed by atoms with van der Waals surface area (Å²) in [6.45, 7) is 3.15. The standard InChI is InChI=1S/C11H23N3O3/c1-3-6-13-10(15)8-14-11(16)9(12)5-4-7-17-2/h9H,3-8,12H2,1-2H3,(H,13,15)(H,14,16). The second-order valence-electron chi connectivity index (χ2n) is 3.81. The van der Waals surface area contributed by atoms with E-state index < -0.39 is 6.04 Å². The van der Waals surface area contributed by atoms with Crippen LogP contribution in [0.5, 0.6) is 0 Å². The third-order valence-electron chi connectivity index (χ3n) is 2.20. The molecule has 0 aliphatic heterocycles. The average molecular weight is 245 g/mol. The number of nitrogens with one attached hydrogen (secondary N) is 2. The Bertz CT molecular complexity index is 234. The van der Waals surface area contributed by atoms with Gasteiger partial charge < -0.3 is 21.1 Å². The Morgan fingerprint density at radius 2 is 2.06 bits per heavy atom. The number of hydrogen-bond acceptors (Lipinski definition) is 4. The summed E-state index contributed by atoms with van der Waals surface area (Å²) in [6, 6.07) is -0.580. The van der Waals surface area contributed by atoms with Gasteiger partial charge in [-0.2, -0.15) is 0 Å². The van der Waals surface area contributed by atoms with Crippen molar-refractivity contribution in [2.75, 3.05) is 26.8 Å². The van der Waals surface area contributed by atoms with Gasteiger partial charge in [0.2, 0.25) is 11.8 Å². The SMILES string of the molecule is CCCNC(=O)CNC(=O)C(N)CCCOC. The summed E-state index contributed by atoms with van der Waals surface area (Å²) >= 11 is 0. The fraction of sp³-hybridized carbons (Fsp3) is 0.818. The van der Waals surface area contributed by atoms with Crippen molar-refractivity contribution < 1.29 is 14.3 Å². The molecular formula is C11H23N3O3. The van der Waals surface area contributed by atoms with E-state index in [1.54, 1.807) is 7.11 Å². The molecule has 0 spiro atoms. The molecule has 0 aromatic rings. The topological polar surface area (TPSA) is 93.5 Å². The zero-order chi connectivity index (χ0) is 13.1. The number of ether oxygens (including phenoxy) is 1. The zero-order valence-corrected chi connectivity index (χ0v) is 10.6. The first-order chi connectivity index (χ1) is 8.11. The third kappa shape index (κ3) is 8.65. The third-order valence-corrected chi connectivity index (χ3v) is 2.20. The molecule has 0 radical (unpaired) electrons. The second kappa shape index (κ2) is 10.0. The molecule has 0 aromatic carbocycles. The van der Waals surface area contributed by atoms with Crippen LogP contribution in [-0.4, -0.2) is 44.7 Å². The Hall–Kier alpha value is -1.14. The van der Waals surface area contributed by atoms with Gasteiger partial charge in [-0.1, -0.05) is 6.92 Å². The lowest BCUT2D eigenvalue weighted by Crippen LogP contribution is -2.45. The van der Waals surface area contributed by atoms with Gasteiger partial charge in [-0.3, -0.25) is 9.59 Å². The lowest BCUT2D eigenvalue weighted by atomic mass is 10.1. The summed E-state index contributed by atoms with van der Waals surface area (Å²) in [5, 5.41) is 5.17. The van der Waals surface area contributed by atoms with E-state index in [2.05, 4.69) is 10.6 Å². The number of rotatable bonds is 9. The Morgan fingerprint density at radius 1 is 1.35 bits per heavy atom. The number of methoxy groups -OCH3 is 1. The average Bonchev–Trinajstić information content (AvgIpc) is 2.33. The molecule has 6 heteroatoms. The van der Waals surface area contributed by atoms with Crippen molar-refractivity contribution in [3.63, 3.8) is 0 Å². The summed E-state index contributed by atoms with van der Waals surface area (Å²) in [7, 11) is 1.60. The van der Waals surface area contributed by atoms with Crippen LogP contribution in [0, 0.1) is 0 Å². The molecule has 1 atom stereocenters. The molecule has 100 valence electrons. The highest BCUT2D eigenvalue weighted by molar-refractivity contribution is 5.87. The fourth-order valence-corrected chi connectivity index (χ4v) is 1.20. The smallest absolute Gasteiger partial charge is 0.239 e. The fourth-order valence-electron chi connectivity index (χ4n) is 1.20. The van der Waals surface area contributed by atoms with E-state index in [1.165, 1.54) is 0 Å². The van der Waals surface area contributed by atoms with Gasteiger partial charge in [0.15, 0.2) is 0 Å². The maximum atomic E-state index is 11.5. The van der Waals surface area contributed by atoms with Gasteiger partial charge in [-0.25, -0.2) is 0 Å². The normalized spacial score (nSPS) is 11.9. The van der Waals surface area contributed by atoms with Crippen LogP contribution in [0.3, 0.4) is 0 Å². The molecule has 0 heterocycles. The first-order valence-corrected chi connectivity index (χ1v) is 5.90. The predicted octanol–water partition coefficient (Wildman–Crippen LogP) is -0.617. The number of nitrogens with two attached hydrogens (primary N) is 1. The van der Waals surface area contributed by atoms with Crippen LogP contribution >= 0.6 is 0 Å². The Morgan fingerprint density at radius 3 is 2.65 bits per heavy atom. The highest BCUT2D eigenvalue weighted by atomic mass is 16.5. The van der Waals surface area contributed by atoms with Crippen molar-refractivity contribution in [2.45, 2.75) is 32.2 Å². The summed E-state index contributed by atoms with van der Waals surface area (Å²) in [5.41, 5.74) is 5.65. The lowest BCUT2D eigenvalue weighted by Gasteiger charge is -2.11. The first-order valence-electron chi connectivity index (χ1n) is 5.90. The molecule has 0 aliphatic carbocycles. The molecule has 1 unspecified atom stereocenters. The molecule has 4 N–H and O–H groups in total. The highest BCUT2D eigenvalue weighted by Gasteiger charge is 2.13. The summed E-state index contributed by atoms with van der Waals surface area (Å²) in [4.78, 5) is 22.7. The zero-order valence-electron chi connectivity index (χ0n) is 10.6. The van der Waals surface area contributed by atoms with Crippen LogP contribution in [0.4, 0.5) is 0 Å². The number of amides is 2.